The number of aromatic hydroxyl groups is 1. The van der Waals surface area contributed by atoms with Crippen LogP contribution >= 0.6 is 0 Å². The van der Waals surface area contributed by atoms with Crippen LogP contribution in [0, 0.1) is 13.8 Å². The van der Waals surface area contributed by atoms with Gasteiger partial charge in [0.25, 0.3) is 0 Å². The Labute approximate surface area is 143 Å². The number of nitrogens with zero attached hydrogens (tertiary/aromatic N) is 2. The third kappa shape index (κ3) is 3.21. The van der Waals surface area contributed by atoms with Crippen LogP contribution in [0.2, 0.25) is 0 Å². The third-order valence-corrected chi connectivity index (χ3v) is 4.27. The van der Waals surface area contributed by atoms with Crippen molar-refractivity contribution in [3.05, 3.63) is 59.7 Å². The van der Waals surface area contributed by atoms with Gasteiger partial charge in [0.05, 0.1) is 0 Å². The fraction of sp³-hybridized carbons (Fsp3) is 0.286. The first-order valence-electron chi connectivity index (χ1n) is 8.54. The van der Waals surface area contributed by atoms with Crippen LogP contribution in [0.1, 0.15) is 30.9 Å². The molecule has 0 saturated heterocycles. The zero-order valence-electron chi connectivity index (χ0n) is 14.6. The van der Waals surface area contributed by atoms with Crippen LogP contribution in [-0.4, -0.2) is 14.9 Å². The lowest BCUT2D eigenvalue weighted by atomic mass is 10.0. The predicted octanol–water partition coefficient (Wildman–Crippen LogP) is 5.34. The monoisotopic (exact) mass is 320 g/mol. The molecule has 0 bridgehead atoms. The first-order chi connectivity index (χ1) is 11.6. The lowest BCUT2D eigenvalue weighted by Crippen LogP contribution is -2.02. The van der Waals surface area contributed by atoms with Gasteiger partial charge in [-0.3, -0.25) is 4.68 Å². The van der Waals surface area contributed by atoms with E-state index >= 15 is 0 Å². The van der Waals surface area contributed by atoms with Gasteiger partial charge < -0.3 is 5.11 Å². The van der Waals surface area contributed by atoms with E-state index in [0.29, 0.717) is 5.69 Å². The largest absolute Gasteiger partial charge is 0.504 e. The Hall–Kier alpha value is -2.55. The van der Waals surface area contributed by atoms with Crippen molar-refractivity contribution in [3.63, 3.8) is 0 Å². The number of benzene rings is 2. The highest BCUT2D eigenvalue weighted by Gasteiger charge is 2.19. The molecule has 3 aromatic rings. The molecule has 0 saturated carbocycles. The number of aryl methyl sites for hydroxylation is 3. The molecule has 0 atom stereocenters. The molecule has 1 N–H and O–H groups in total. The summed E-state index contributed by atoms with van der Waals surface area (Å²) >= 11 is 0. The quantitative estimate of drug-likeness (QED) is 0.689. The molecule has 0 fully saturated rings. The molecular weight excluding hydrogens is 296 g/mol. The molecule has 0 aliphatic carbocycles. The van der Waals surface area contributed by atoms with Crippen LogP contribution in [0.5, 0.6) is 5.75 Å². The molecule has 124 valence electrons. The fourth-order valence-electron chi connectivity index (χ4n) is 2.91. The van der Waals surface area contributed by atoms with Gasteiger partial charge in [-0.05, 0) is 26.3 Å². The standard InChI is InChI=1S/C21H24N2O/c1-4-5-13-23-20(18-8-6-7-16(3)14-18)21(24)19(22-23)17-11-9-15(2)10-12-17/h6-12,14,24H,4-5,13H2,1-3H3. The summed E-state index contributed by atoms with van der Waals surface area (Å²) in [4.78, 5) is 0. The Bertz CT molecular complexity index is 832. The molecule has 24 heavy (non-hydrogen) atoms. The number of unbranched alkanes of at least 4 members (excludes halogenated alkanes) is 1. The fourth-order valence-corrected chi connectivity index (χ4v) is 2.91. The first-order valence-corrected chi connectivity index (χ1v) is 8.54. The van der Waals surface area contributed by atoms with Gasteiger partial charge in [-0.15, -0.1) is 0 Å². The predicted molar refractivity (Wildman–Crippen MR) is 99.1 cm³/mol. The minimum Gasteiger partial charge on any atom is -0.504 e. The van der Waals surface area contributed by atoms with E-state index in [1.807, 2.05) is 41.1 Å². The second-order valence-corrected chi connectivity index (χ2v) is 6.36. The Morgan fingerprint density at radius 2 is 1.71 bits per heavy atom. The van der Waals surface area contributed by atoms with Crippen molar-refractivity contribution in [1.82, 2.24) is 9.78 Å². The van der Waals surface area contributed by atoms with Crippen molar-refractivity contribution >= 4 is 0 Å². The van der Waals surface area contributed by atoms with Crippen LogP contribution in [0.25, 0.3) is 22.5 Å². The van der Waals surface area contributed by atoms with Gasteiger partial charge in [0.2, 0.25) is 0 Å². The average Bonchev–Trinajstić information content (AvgIpc) is 2.90. The molecule has 2 aromatic carbocycles. The third-order valence-electron chi connectivity index (χ3n) is 4.27. The van der Waals surface area contributed by atoms with Crippen LogP contribution in [0.4, 0.5) is 0 Å². The van der Waals surface area contributed by atoms with Gasteiger partial charge in [0.1, 0.15) is 11.4 Å². The summed E-state index contributed by atoms with van der Waals surface area (Å²) in [6, 6.07) is 16.3. The van der Waals surface area contributed by atoms with Crippen molar-refractivity contribution < 1.29 is 5.11 Å². The van der Waals surface area contributed by atoms with Gasteiger partial charge in [0, 0.05) is 17.7 Å². The van der Waals surface area contributed by atoms with E-state index < -0.39 is 0 Å². The van der Waals surface area contributed by atoms with Crippen LogP contribution in [0.3, 0.4) is 0 Å². The SMILES string of the molecule is CCCCn1nc(-c2ccc(C)cc2)c(O)c1-c1cccc(C)c1. The van der Waals surface area contributed by atoms with Gasteiger partial charge in [-0.25, -0.2) is 0 Å². The number of aromatic nitrogens is 2. The second-order valence-electron chi connectivity index (χ2n) is 6.36. The second kappa shape index (κ2) is 6.91. The zero-order valence-corrected chi connectivity index (χ0v) is 14.6. The average molecular weight is 320 g/mol. The Morgan fingerprint density at radius 3 is 2.38 bits per heavy atom. The number of hydrogen-bond acceptors (Lipinski definition) is 2. The van der Waals surface area contributed by atoms with E-state index in [0.717, 1.165) is 36.2 Å². The topological polar surface area (TPSA) is 38.0 Å². The molecule has 1 heterocycles. The van der Waals surface area contributed by atoms with Gasteiger partial charge in [-0.2, -0.15) is 5.10 Å². The molecule has 0 unspecified atom stereocenters. The molecule has 1 aromatic heterocycles. The maximum absolute atomic E-state index is 10.9. The summed E-state index contributed by atoms with van der Waals surface area (Å²) in [5, 5.41) is 15.6. The molecule has 3 nitrogen and oxygen atoms in total. The van der Waals surface area contributed by atoms with Gasteiger partial charge in [0.15, 0.2) is 5.75 Å². The molecule has 0 aliphatic rings. The maximum Gasteiger partial charge on any atom is 0.169 e. The number of rotatable bonds is 5. The maximum atomic E-state index is 10.9. The van der Waals surface area contributed by atoms with E-state index in [2.05, 4.69) is 32.9 Å². The summed E-state index contributed by atoms with van der Waals surface area (Å²) < 4.78 is 1.95. The summed E-state index contributed by atoms with van der Waals surface area (Å²) in [6.45, 7) is 7.09. The lowest BCUT2D eigenvalue weighted by Gasteiger charge is -2.08. The van der Waals surface area contributed by atoms with E-state index in [-0.39, 0.29) is 5.75 Å². The summed E-state index contributed by atoms with van der Waals surface area (Å²) in [6.07, 6.45) is 2.13. The summed E-state index contributed by atoms with van der Waals surface area (Å²) in [5.74, 6) is 0.264. The smallest absolute Gasteiger partial charge is 0.169 e. The normalized spacial score (nSPS) is 11.0. The highest BCUT2D eigenvalue weighted by Crippen LogP contribution is 2.38. The van der Waals surface area contributed by atoms with Crippen LogP contribution in [-0.2, 0) is 6.54 Å². The van der Waals surface area contributed by atoms with Crippen LogP contribution < -0.4 is 0 Å². The van der Waals surface area contributed by atoms with E-state index in [9.17, 15) is 5.11 Å². The van der Waals surface area contributed by atoms with Crippen molar-refractivity contribution in [3.8, 4) is 28.3 Å². The Balaban J connectivity index is 2.14. The first kappa shape index (κ1) is 16.3. The van der Waals surface area contributed by atoms with E-state index in [4.69, 9.17) is 5.10 Å². The van der Waals surface area contributed by atoms with E-state index in [1.54, 1.807) is 0 Å². The van der Waals surface area contributed by atoms with Crippen molar-refractivity contribution in [2.24, 2.45) is 0 Å². The minimum absolute atomic E-state index is 0.264. The van der Waals surface area contributed by atoms with Crippen molar-refractivity contribution in [2.45, 2.75) is 40.2 Å². The molecule has 0 amide bonds. The summed E-state index contributed by atoms with van der Waals surface area (Å²) in [5.41, 5.74) is 5.79. The lowest BCUT2D eigenvalue weighted by molar-refractivity contribution is 0.477. The molecule has 0 radical (unpaired) electrons. The van der Waals surface area contributed by atoms with Crippen LogP contribution in [0.15, 0.2) is 48.5 Å². The molecular formula is C21H24N2O. The molecule has 3 rings (SSSR count). The Morgan fingerprint density at radius 1 is 0.958 bits per heavy atom. The highest BCUT2D eigenvalue weighted by molar-refractivity contribution is 5.78. The zero-order chi connectivity index (χ0) is 17.1. The molecule has 0 spiro atoms. The van der Waals surface area contributed by atoms with Crippen molar-refractivity contribution in [2.75, 3.05) is 0 Å². The summed E-state index contributed by atoms with van der Waals surface area (Å²) in [7, 11) is 0. The molecule has 3 heteroatoms. The van der Waals surface area contributed by atoms with Gasteiger partial charge in [-0.1, -0.05) is 66.9 Å². The van der Waals surface area contributed by atoms with Gasteiger partial charge >= 0.3 is 0 Å². The van der Waals surface area contributed by atoms with Crippen molar-refractivity contribution in [1.29, 1.82) is 0 Å². The molecule has 0 aliphatic heterocycles. The highest BCUT2D eigenvalue weighted by atomic mass is 16.3. The minimum atomic E-state index is 0.264. The van der Waals surface area contributed by atoms with E-state index in [1.165, 1.54) is 11.1 Å². The Kier molecular flexibility index (Phi) is 4.70. The number of hydrogen-bond donors (Lipinski definition) is 1.